The summed E-state index contributed by atoms with van der Waals surface area (Å²) in [5.41, 5.74) is 4.38. The van der Waals surface area contributed by atoms with Crippen LogP contribution in [-0.4, -0.2) is 24.4 Å². The molecule has 1 aliphatic heterocycles. The van der Waals surface area contributed by atoms with Gasteiger partial charge in [-0.15, -0.1) is 0 Å². The van der Waals surface area contributed by atoms with Gasteiger partial charge in [-0.1, -0.05) is 23.7 Å². The minimum atomic E-state index is -0.415. The fourth-order valence-electron chi connectivity index (χ4n) is 2.79. The van der Waals surface area contributed by atoms with E-state index < -0.39 is 5.69 Å². The van der Waals surface area contributed by atoms with E-state index in [0.29, 0.717) is 28.7 Å². The van der Waals surface area contributed by atoms with Gasteiger partial charge in [-0.3, -0.25) is 18.5 Å². The third-order valence-electron chi connectivity index (χ3n) is 4.12. The van der Waals surface area contributed by atoms with Crippen LogP contribution in [0.3, 0.4) is 0 Å². The van der Waals surface area contributed by atoms with Crippen molar-refractivity contribution in [3.63, 3.8) is 0 Å². The third kappa shape index (κ3) is 2.00. The van der Waals surface area contributed by atoms with Gasteiger partial charge in [-0.25, -0.2) is 10.2 Å². The normalized spacial score (nSPS) is 13.5. The van der Waals surface area contributed by atoms with Crippen LogP contribution >= 0.6 is 11.6 Å². The van der Waals surface area contributed by atoms with Crippen molar-refractivity contribution in [2.45, 2.75) is 6.54 Å². The van der Waals surface area contributed by atoms with E-state index >= 15 is 0 Å². The Hall–Kier alpha value is -2.87. The number of hydrazone groups is 1. The van der Waals surface area contributed by atoms with Crippen molar-refractivity contribution < 1.29 is 0 Å². The highest BCUT2D eigenvalue weighted by atomic mass is 35.5. The average Bonchev–Trinajstić information content (AvgIpc) is 2.97. The molecule has 8 nitrogen and oxygen atoms in total. The molecule has 24 heavy (non-hydrogen) atoms. The number of imidazole rings is 1. The van der Waals surface area contributed by atoms with Gasteiger partial charge in [0.05, 0.1) is 12.3 Å². The number of rotatable bonds is 1. The Kier molecular flexibility index (Phi) is 3.10. The number of fused-ring (bicyclic) bond motifs is 3. The maximum atomic E-state index is 12.5. The summed E-state index contributed by atoms with van der Waals surface area (Å²) in [7, 11) is 3.04. The molecule has 0 bridgehead atoms. The number of aryl methyl sites for hydroxylation is 1. The van der Waals surface area contributed by atoms with Gasteiger partial charge in [0.15, 0.2) is 11.2 Å². The molecule has 9 heteroatoms. The molecule has 0 radical (unpaired) electrons. The monoisotopic (exact) mass is 344 g/mol. The highest BCUT2D eigenvalue weighted by Gasteiger charge is 2.23. The second-order valence-electron chi connectivity index (χ2n) is 5.58. The topological polar surface area (TPSA) is 86.2 Å². The summed E-state index contributed by atoms with van der Waals surface area (Å²) in [5, 5.41) is 4.95. The van der Waals surface area contributed by atoms with E-state index in [4.69, 9.17) is 11.6 Å². The van der Waals surface area contributed by atoms with Gasteiger partial charge in [-0.2, -0.15) is 10.1 Å². The predicted octanol–water partition coefficient (Wildman–Crippen LogP) is 0.917. The van der Waals surface area contributed by atoms with Crippen LogP contribution in [0, 0.1) is 0 Å². The number of aromatic nitrogens is 4. The Balaban J connectivity index is 1.90. The second kappa shape index (κ2) is 5.07. The quantitative estimate of drug-likeness (QED) is 0.711. The van der Waals surface area contributed by atoms with Gasteiger partial charge in [0, 0.05) is 19.1 Å². The van der Waals surface area contributed by atoms with E-state index in [1.807, 2.05) is 12.1 Å². The second-order valence-corrected chi connectivity index (χ2v) is 6.01. The van der Waals surface area contributed by atoms with Crippen LogP contribution in [0.5, 0.6) is 0 Å². The molecule has 1 aromatic carbocycles. The first-order valence-electron chi connectivity index (χ1n) is 7.22. The zero-order valence-corrected chi connectivity index (χ0v) is 13.7. The van der Waals surface area contributed by atoms with E-state index in [0.717, 1.165) is 15.8 Å². The van der Waals surface area contributed by atoms with Crippen molar-refractivity contribution in [1.29, 1.82) is 0 Å². The molecule has 0 unspecified atom stereocenters. The summed E-state index contributed by atoms with van der Waals surface area (Å²) in [6.45, 7) is 0.369. The molecular weight excluding hydrogens is 332 g/mol. The minimum Gasteiger partial charge on any atom is -0.297 e. The molecule has 0 amide bonds. The Bertz CT molecular complexity index is 1120. The summed E-state index contributed by atoms with van der Waals surface area (Å²) in [6, 6.07) is 7.29. The summed E-state index contributed by atoms with van der Waals surface area (Å²) < 4.78 is 4.16. The average molecular weight is 345 g/mol. The van der Waals surface area contributed by atoms with E-state index in [2.05, 4.69) is 15.5 Å². The van der Waals surface area contributed by atoms with Gasteiger partial charge >= 0.3 is 5.69 Å². The standard InChI is InChI=1S/C15H13ClN6O2/c1-20-12-11(13(23)21(2)15(20)24)22-7-10(18-19-14(22)17-12)8-3-5-9(16)6-4-8/h3-6H,7H2,1-2H3,(H,17,19). The van der Waals surface area contributed by atoms with Crippen LogP contribution in [0.4, 0.5) is 5.95 Å². The molecule has 0 spiro atoms. The van der Waals surface area contributed by atoms with Crippen LogP contribution < -0.4 is 16.7 Å². The number of anilines is 1. The van der Waals surface area contributed by atoms with Crippen LogP contribution in [-0.2, 0) is 20.6 Å². The zero-order chi connectivity index (χ0) is 17.0. The number of benzene rings is 1. The molecule has 1 aliphatic rings. The maximum absolute atomic E-state index is 12.5. The first kappa shape index (κ1) is 14.7. The summed E-state index contributed by atoms with van der Waals surface area (Å²) in [5.74, 6) is 0.431. The van der Waals surface area contributed by atoms with Gasteiger partial charge in [0.2, 0.25) is 5.95 Å². The summed E-state index contributed by atoms with van der Waals surface area (Å²) in [4.78, 5) is 28.9. The Labute approximate surface area is 140 Å². The van der Waals surface area contributed by atoms with Crippen molar-refractivity contribution in [2.75, 3.05) is 5.43 Å². The molecule has 0 fully saturated rings. The Morgan fingerprint density at radius 3 is 2.54 bits per heavy atom. The lowest BCUT2D eigenvalue weighted by molar-refractivity contribution is 0.704. The zero-order valence-electron chi connectivity index (χ0n) is 12.9. The maximum Gasteiger partial charge on any atom is 0.332 e. The fraction of sp³-hybridized carbons (Fsp3) is 0.200. The minimum absolute atomic E-state index is 0.332. The van der Waals surface area contributed by atoms with E-state index in [1.54, 1.807) is 23.7 Å². The molecule has 0 saturated carbocycles. The molecule has 2 aromatic heterocycles. The molecule has 0 atom stereocenters. The SMILES string of the molecule is Cn1c(=O)c2c(nc3n2CC(c2ccc(Cl)cc2)=NN3)n(C)c1=O. The highest BCUT2D eigenvalue weighted by Crippen LogP contribution is 2.21. The lowest BCUT2D eigenvalue weighted by atomic mass is 10.1. The Morgan fingerprint density at radius 1 is 1.12 bits per heavy atom. The van der Waals surface area contributed by atoms with E-state index in [9.17, 15) is 9.59 Å². The molecule has 0 saturated heterocycles. The van der Waals surface area contributed by atoms with Crippen molar-refractivity contribution in [3.05, 3.63) is 55.7 Å². The lowest BCUT2D eigenvalue weighted by Crippen LogP contribution is -2.38. The van der Waals surface area contributed by atoms with Gasteiger partial charge in [0.25, 0.3) is 5.56 Å². The summed E-state index contributed by atoms with van der Waals surface area (Å²) in [6.07, 6.45) is 0. The van der Waals surface area contributed by atoms with Gasteiger partial charge < -0.3 is 0 Å². The molecule has 0 aliphatic carbocycles. The number of nitrogens with zero attached hydrogens (tertiary/aromatic N) is 5. The van der Waals surface area contributed by atoms with Crippen molar-refractivity contribution in [2.24, 2.45) is 19.2 Å². The number of halogens is 1. The van der Waals surface area contributed by atoms with Gasteiger partial charge in [0.1, 0.15) is 0 Å². The summed E-state index contributed by atoms with van der Waals surface area (Å²) >= 11 is 5.92. The first-order valence-corrected chi connectivity index (χ1v) is 7.60. The molecule has 1 N–H and O–H groups in total. The fourth-order valence-corrected chi connectivity index (χ4v) is 2.91. The van der Waals surface area contributed by atoms with Crippen molar-refractivity contribution in [3.8, 4) is 0 Å². The van der Waals surface area contributed by atoms with Crippen LogP contribution in [0.1, 0.15) is 5.56 Å². The first-order chi connectivity index (χ1) is 11.5. The molecule has 3 aromatic rings. The largest absolute Gasteiger partial charge is 0.332 e. The number of hydrogen-bond donors (Lipinski definition) is 1. The third-order valence-corrected chi connectivity index (χ3v) is 4.38. The van der Waals surface area contributed by atoms with Crippen LogP contribution in [0.25, 0.3) is 11.2 Å². The van der Waals surface area contributed by atoms with E-state index in [1.165, 1.54) is 11.6 Å². The predicted molar refractivity (Wildman–Crippen MR) is 91.8 cm³/mol. The van der Waals surface area contributed by atoms with E-state index in [-0.39, 0.29) is 5.56 Å². The van der Waals surface area contributed by atoms with Crippen LogP contribution in [0.15, 0.2) is 39.0 Å². The number of nitrogens with one attached hydrogen (secondary N) is 1. The molecule has 3 heterocycles. The van der Waals surface area contributed by atoms with Crippen molar-refractivity contribution in [1.82, 2.24) is 18.7 Å². The smallest absolute Gasteiger partial charge is 0.297 e. The molecular formula is C15H13ClN6O2. The number of hydrogen-bond acceptors (Lipinski definition) is 5. The molecule has 4 rings (SSSR count). The van der Waals surface area contributed by atoms with Crippen molar-refractivity contribution >= 4 is 34.4 Å². The Morgan fingerprint density at radius 2 is 1.83 bits per heavy atom. The van der Waals surface area contributed by atoms with Gasteiger partial charge in [-0.05, 0) is 17.7 Å². The highest BCUT2D eigenvalue weighted by molar-refractivity contribution is 6.30. The lowest BCUT2D eigenvalue weighted by Gasteiger charge is -2.16. The molecule has 122 valence electrons. The van der Waals surface area contributed by atoms with Crippen LogP contribution in [0.2, 0.25) is 5.02 Å².